The molecule has 1 aliphatic heterocycles. The van der Waals surface area contributed by atoms with Crippen LogP contribution in [-0.4, -0.2) is 58.1 Å². The van der Waals surface area contributed by atoms with Crippen molar-refractivity contribution in [2.45, 2.75) is 31.8 Å². The lowest BCUT2D eigenvalue weighted by Gasteiger charge is -2.41. The van der Waals surface area contributed by atoms with Crippen LogP contribution >= 0.6 is 0 Å². The predicted octanol–water partition coefficient (Wildman–Crippen LogP) is 1.35. The topological polar surface area (TPSA) is 44.3 Å². The van der Waals surface area contributed by atoms with Crippen LogP contribution in [0, 0.1) is 0 Å². The first kappa shape index (κ1) is 15.7. The van der Waals surface area contributed by atoms with E-state index in [9.17, 15) is 4.79 Å². The minimum atomic E-state index is -0.00509. The van der Waals surface area contributed by atoms with E-state index in [1.165, 1.54) is 19.3 Å². The monoisotopic (exact) mass is 326 g/mol. The van der Waals surface area contributed by atoms with E-state index in [2.05, 4.69) is 39.0 Å². The van der Waals surface area contributed by atoms with Crippen molar-refractivity contribution >= 4 is 0 Å². The maximum atomic E-state index is 11.5. The minimum Gasteiger partial charge on any atom is -0.313 e. The minimum absolute atomic E-state index is 0.00509. The van der Waals surface area contributed by atoms with Gasteiger partial charge in [0.05, 0.1) is 0 Å². The van der Waals surface area contributed by atoms with E-state index in [-0.39, 0.29) is 5.69 Å². The summed E-state index contributed by atoms with van der Waals surface area (Å²) < 4.78 is 1.75. The van der Waals surface area contributed by atoms with Crippen LogP contribution in [-0.2, 0) is 19.4 Å². The van der Waals surface area contributed by atoms with Crippen LogP contribution < -0.4 is 5.69 Å². The molecule has 5 nitrogen and oxygen atoms in total. The Morgan fingerprint density at radius 1 is 1.04 bits per heavy atom. The van der Waals surface area contributed by atoms with Crippen molar-refractivity contribution in [1.29, 1.82) is 0 Å². The lowest BCUT2D eigenvalue weighted by molar-refractivity contribution is 0.0874. The Morgan fingerprint density at radius 2 is 1.83 bits per heavy atom. The van der Waals surface area contributed by atoms with E-state index >= 15 is 0 Å². The number of aryl methyl sites for hydroxylation is 1. The van der Waals surface area contributed by atoms with Gasteiger partial charge in [-0.05, 0) is 30.4 Å². The lowest BCUT2D eigenvalue weighted by atomic mass is 9.87. The molecule has 1 saturated heterocycles. The molecule has 0 amide bonds. The first-order valence-corrected chi connectivity index (χ1v) is 9.06. The molecular formula is C19H26N4O. The smallest absolute Gasteiger partial charge is 0.313 e. The Kier molecular flexibility index (Phi) is 4.54. The number of nitrogens with one attached hydrogen (secondary N) is 1. The second-order valence-electron chi connectivity index (χ2n) is 7.00. The molecule has 2 aliphatic rings. The second-order valence-corrected chi connectivity index (χ2v) is 7.00. The summed E-state index contributed by atoms with van der Waals surface area (Å²) in [5, 5.41) is 0. The SMILES string of the molecule is O=c1[nH]ccn1CCN1CCN(C2CCc3ccccc3C2)CC1. The standard InChI is InChI=1S/C19H26N4O/c24-19-20-7-8-23(19)14-11-21-9-12-22(13-10-21)18-6-5-16-3-1-2-4-17(16)15-18/h1-4,7-8,18H,5-6,9-15H2,(H,20,24). The molecule has 0 spiro atoms. The highest BCUT2D eigenvalue weighted by Crippen LogP contribution is 2.25. The number of hydrogen-bond acceptors (Lipinski definition) is 3. The molecule has 1 aromatic heterocycles. The lowest BCUT2D eigenvalue weighted by Crippen LogP contribution is -2.52. The van der Waals surface area contributed by atoms with Gasteiger partial charge >= 0.3 is 5.69 Å². The van der Waals surface area contributed by atoms with Crippen LogP contribution in [0.15, 0.2) is 41.5 Å². The largest absolute Gasteiger partial charge is 0.325 e. The molecule has 0 radical (unpaired) electrons. The fraction of sp³-hybridized carbons (Fsp3) is 0.526. The van der Waals surface area contributed by atoms with Crippen molar-refractivity contribution in [2.24, 2.45) is 0 Å². The molecule has 0 bridgehead atoms. The van der Waals surface area contributed by atoms with Gasteiger partial charge in [-0.3, -0.25) is 14.4 Å². The van der Waals surface area contributed by atoms with Crippen LogP contribution in [0.1, 0.15) is 17.5 Å². The molecule has 2 aromatic rings. The first-order chi connectivity index (χ1) is 11.8. The van der Waals surface area contributed by atoms with Crippen LogP contribution in [0.25, 0.3) is 0 Å². The molecule has 24 heavy (non-hydrogen) atoms. The molecule has 128 valence electrons. The van der Waals surface area contributed by atoms with Crippen LogP contribution in [0.2, 0.25) is 0 Å². The van der Waals surface area contributed by atoms with Gasteiger partial charge in [-0.15, -0.1) is 0 Å². The van der Waals surface area contributed by atoms with Gasteiger partial charge < -0.3 is 4.98 Å². The quantitative estimate of drug-likeness (QED) is 0.922. The summed E-state index contributed by atoms with van der Waals surface area (Å²) in [5.74, 6) is 0. The molecule has 5 heteroatoms. The molecule has 1 atom stereocenters. The highest BCUT2D eigenvalue weighted by molar-refractivity contribution is 5.30. The number of imidazole rings is 1. The number of rotatable bonds is 4. The highest BCUT2D eigenvalue weighted by Gasteiger charge is 2.26. The van der Waals surface area contributed by atoms with Crippen molar-refractivity contribution in [3.63, 3.8) is 0 Å². The summed E-state index contributed by atoms with van der Waals surface area (Å²) in [4.78, 5) is 19.4. The normalized spacial score (nSPS) is 22.4. The van der Waals surface area contributed by atoms with E-state index in [0.29, 0.717) is 6.04 Å². The van der Waals surface area contributed by atoms with Gasteiger partial charge in [0.2, 0.25) is 0 Å². The van der Waals surface area contributed by atoms with E-state index < -0.39 is 0 Å². The van der Waals surface area contributed by atoms with Gasteiger partial charge in [0, 0.05) is 57.7 Å². The van der Waals surface area contributed by atoms with Gasteiger partial charge in [0.15, 0.2) is 0 Å². The Morgan fingerprint density at radius 3 is 2.58 bits per heavy atom. The third-order valence-corrected chi connectivity index (χ3v) is 5.62. The Hall–Kier alpha value is -1.85. The summed E-state index contributed by atoms with van der Waals surface area (Å²) in [7, 11) is 0. The number of fused-ring (bicyclic) bond motifs is 1. The fourth-order valence-corrected chi connectivity index (χ4v) is 4.12. The van der Waals surface area contributed by atoms with E-state index in [1.807, 2.05) is 6.20 Å². The van der Waals surface area contributed by atoms with E-state index in [0.717, 1.165) is 39.3 Å². The molecule has 1 N–H and O–H groups in total. The third-order valence-electron chi connectivity index (χ3n) is 5.62. The van der Waals surface area contributed by atoms with Crippen molar-refractivity contribution in [1.82, 2.24) is 19.4 Å². The van der Waals surface area contributed by atoms with Crippen LogP contribution in [0.4, 0.5) is 0 Å². The summed E-state index contributed by atoms with van der Waals surface area (Å²) in [5.41, 5.74) is 3.09. The summed E-state index contributed by atoms with van der Waals surface area (Å²) in [6.07, 6.45) is 7.25. The van der Waals surface area contributed by atoms with Crippen LogP contribution in [0.3, 0.4) is 0 Å². The number of nitrogens with zero attached hydrogens (tertiary/aromatic N) is 3. The molecule has 1 aromatic carbocycles. The molecule has 1 unspecified atom stereocenters. The van der Waals surface area contributed by atoms with Gasteiger partial charge in [-0.1, -0.05) is 24.3 Å². The average molecular weight is 326 g/mol. The summed E-state index contributed by atoms with van der Waals surface area (Å²) in [6.45, 7) is 6.25. The van der Waals surface area contributed by atoms with Crippen LogP contribution in [0.5, 0.6) is 0 Å². The van der Waals surface area contributed by atoms with Crippen molar-refractivity contribution in [3.8, 4) is 0 Å². The van der Waals surface area contributed by atoms with Gasteiger partial charge in [-0.25, -0.2) is 4.79 Å². The van der Waals surface area contributed by atoms with Gasteiger partial charge in [0.1, 0.15) is 0 Å². The molecular weight excluding hydrogens is 300 g/mol. The maximum absolute atomic E-state index is 11.5. The number of aromatic nitrogens is 2. The summed E-state index contributed by atoms with van der Waals surface area (Å²) >= 11 is 0. The second kappa shape index (κ2) is 6.95. The van der Waals surface area contributed by atoms with Crippen molar-refractivity contribution in [2.75, 3.05) is 32.7 Å². The molecule has 4 rings (SSSR count). The Labute approximate surface area is 142 Å². The molecule has 2 heterocycles. The molecule has 0 saturated carbocycles. The number of aromatic amines is 1. The van der Waals surface area contributed by atoms with Crippen molar-refractivity contribution in [3.05, 3.63) is 58.3 Å². The van der Waals surface area contributed by atoms with Gasteiger partial charge in [-0.2, -0.15) is 0 Å². The Balaban J connectivity index is 1.27. The zero-order valence-corrected chi connectivity index (χ0v) is 14.2. The average Bonchev–Trinajstić information content (AvgIpc) is 3.05. The van der Waals surface area contributed by atoms with Crippen molar-refractivity contribution < 1.29 is 0 Å². The zero-order valence-electron chi connectivity index (χ0n) is 14.2. The van der Waals surface area contributed by atoms with Gasteiger partial charge in [0.25, 0.3) is 0 Å². The fourth-order valence-electron chi connectivity index (χ4n) is 4.12. The zero-order chi connectivity index (χ0) is 16.4. The molecule has 1 fully saturated rings. The first-order valence-electron chi connectivity index (χ1n) is 9.06. The highest BCUT2D eigenvalue weighted by atomic mass is 16.1. The third kappa shape index (κ3) is 3.32. The number of piperazine rings is 1. The van der Waals surface area contributed by atoms with E-state index in [4.69, 9.17) is 0 Å². The number of benzene rings is 1. The number of hydrogen-bond donors (Lipinski definition) is 1. The Bertz CT molecular complexity index is 727. The predicted molar refractivity (Wildman–Crippen MR) is 95.3 cm³/mol. The molecule has 1 aliphatic carbocycles. The number of H-pyrrole nitrogens is 1. The maximum Gasteiger partial charge on any atom is 0.325 e. The summed E-state index contributed by atoms with van der Waals surface area (Å²) in [6, 6.07) is 9.61. The van der Waals surface area contributed by atoms with E-state index in [1.54, 1.807) is 21.9 Å².